The monoisotopic (exact) mass is 357 g/mol. The number of rotatable bonds is 4. The van der Waals surface area contributed by atoms with E-state index in [1.807, 2.05) is 30.5 Å². The summed E-state index contributed by atoms with van der Waals surface area (Å²) in [6, 6.07) is 6.80. The molecule has 2 atom stereocenters. The number of nitrogens with zero attached hydrogens (tertiary/aromatic N) is 4. The molecule has 3 heterocycles. The molecule has 138 valence electrons. The van der Waals surface area contributed by atoms with Gasteiger partial charge < -0.3 is 9.88 Å². The molecule has 0 unspecified atom stereocenters. The highest BCUT2D eigenvalue weighted by Gasteiger charge is 2.39. The Balaban J connectivity index is 1.44. The van der Waals surface area contributed by atoms with Gasteiger partial charge in [0.25, 0.3) is 5.91 Å². The average molecular weight is 357 g/mol. The third-order valence-corrected chi connectivity index (χ3v) is 5.28. The molecule has 0 radical (unpaired) electrons. The maximum atomic E-state index is 13.1. The van der Waals surface area contributed by atoms with Crippen LogP contribution in [0.2, 0.25) is 0 Å². The topological polar surface area (TPSA) is 63.1 Å². The van der Waals surface area contributed by atoms with Gasteiger partial charge in [0.05, 0.1) is 0 Å². The number of fused-ring (bicyclic) bond motifs is 2. The Kier molecular flexibility index (Phi) is 4.48. The summed E-state index contributed by atoms with van der Waals surface area (Å²) in [6.45, 7) is 7.47. The second kappa shape index (κ2) is 6.79. The zero-order valence-electron chi connectivity index (χ0n) is 15.2. The second-order valence-electron chi connectivity index (χ2n) is 7.72. The number of carbonyl (C=O) groups excluding carboxylic acids is 1. The molecule has 0 bridgehead atoms. The number of halogens is 1. The van der Waals surface area contributed by atoms with Crippen molar-refractivity contribution in [1.82, 2.24) is 25.0 Å². The van der Waals surface area contributed by atoms with E-state index in [9.17, 15) is 9.18 Å². The van der Waals surface area contributed by atoms with Gasteiger partial charge in [0, 0.05) is 38.6 Å². The van der Waals surface area contributed by atoms with E-state index in [0.717, 1.165) is 44.0 Å². The summed E-state index contributed by atoms with van der Waals surface area (Å²) in [5, 5.41) is 11.3. The largest absolute Gasteiger partial charge is 0.347 e. The quantitative estimate of drug-likeness (QED) is 0.907. The molecule has 1 N–H and O–H groups in total. The number of aromatic nitrogens is 3. The van der Waals surface area contributed by atoms with Gasteiger partial charge in [-0.25, -0.2) is 4.39 Å². The fourth-order valence-corrected chi connectivity index (χ4v) is 4.09. The predicted octanol–water partition coefficient (Wildman–Crippen LogP) is 1.86. The lowest BCUT2D eigenvalue weighted by molar-refractivity contribution is 0.0924. The van der Waals surface area contributed by atoms with E-state index in [2.05, 4.69) is 20.4 Å². The van der Waals surface area contributed by atoms with Crippen molar-refractivity contribution in [2.45, 2.75) is 39.4 Å². The molecule has 0 spiro atoms. The maximum absolute atomic E-state index is 13.1. The van der Waals surface area contributed by atoms with Crippen molar-refractivity contribution >= 4 is 5.91 Å². The van der Waals surface area contributed by atoms with Crippen molar-refractivity contribution in [3.05, 3.63) is 47.3 Å². The van der Waals surface area contributed by atoms with Gasteiger partial charge in [-0.15, -0.1) is 10.2 Å². The standard InChI is InChI=1S/C19H24FN5O/c1-12(2)21-19(26)18-23-22-17-7-14-9-24(10-15(14)11-25(17)18)8-13-3-5-16(20)6-4-13/h3-6,12,14-15H,7-11H2,1-2H3,(H,21,26)/t14-,15+/m0/s1. The number of nitrogens with one attached hydrogen (secondary N) is 1. The highest BCUT2D eigenvalue weighted by atomic mass is 19.1. The number of hydrogen-bond acceptors (Lipinski definition) is 4. The molecule has 1 fully saturated rings. The summed E-state index contributed by atoms with van der Waals surface area (Å²) < 4.78 is 15.1. The third-order valence-electron chi connectivity index (χ3n) is 5.28. The van der Waals surface area contributed by atoms with Gasteiger partial charge in [0.2, 0.25) is 5.82 Å². The molecule has 1 aromatic heterocycles. The SMILES string of the molecule is CC(C)NC(=O)c1nnc2n1C[C@H]1CN(Cc3ccc(F)cc3)C[C@@H]1C2. The first-order chi connectivity index (χ1) is 12.5. The number of amides is 1. The summed E-state index contributed by atoms with van der Waals surface area (Å²) in [5.41, 5.74) is 1.13. The fourth-order valence-electron chi connectivity index (χ4n) is 4.09. The van der Waals surface area contributed by atoms with Crippen LogP contribution in [-0.4, -0.2) is 44.7 Å². The first-order valence-corrected chi connectivity index (χ1v) is 9.19. The van der Waals surface area contributed by atoms with Crippen LogP contribution >= 0.6 is 0 Å². The Morgan fingerprint density at radius 1 is 1.19 bits per heavy atom. The summed E-state index contributed by atoms with van der Waals surface area (Å²) in [5.74, 6) is 2.00. The van der Waals surface area contributed by atoms with Gasteiger partial charge in [-0.05, 0) is 43.4 Å². The van der Waals surface area contributed by atoms with Crippen LogP contribution in [0.4, 0.5) is 4.39 Å². The lowest BCUT2D eigenvalue weighted by Gasteiger charge is -2.25. The average Bonchev–Trinajstić information content (AvgIpc) is 3.16. The van der Waals surface area contributed by atoms with Crippen molar-refractivity contribution in [2.75, 3.05) is 13.1 Å². The molecule has 1 aromatic carbocycles. The minimum Gasteiger partial charge on any atom is -0.347 e. The zero-order valence-corrected chi connectivity index (χ0v) is 15.2. The summed E-state index contributed by atoms with van der Waals surface area (Å²) in [7, 11) is 0. The minimum absolute atomic E-state index is 0.0736. The third kappa shape index (κ3) is 3.35. The van der Waals surface area contributed by atoms with Gasteiger partial charge in [-0.1, -0.05) is 12.1 Å². The lowest BCUT2D eigenvalue weighted by atomic mass is 9.89. The summed E-state index contributed by atoms with van der Waals surface area (Å²) in [6.07, 6.45) is 0.854. The van der Waals surface area contributed by atoms with E-state index in [0.29, 0.717) is 17.7 Å². The Bertz CT molecular complexity index is 801. The first-order valence-electron chi connectivity index (χ1n) is 9.19. The lowest BCUT2D eigenvalue weighted by Crippen LogP contribution is -2.35. The zero-order chi connectivity index (χ0) is 18.3. The molecule has 7 heteroatoms. The maximum Gasteiger partial charge on any atom is 0.289 e. The molecule has 2 aliphatic heterocycles. The molecular weight excluding hydrogens is 333 g/mol. The fraction of sp³-hybridized carbons (Fsp3) is 0.526. The Labute approximate surface area is 152 Å². The minimum atomic E-state index is -0.200. The molecular formula is C19H24FN5O. The van der Waals surface area contributed by atoms with Crippen LogP contribution in [0.25, 0.3) is 0 Å². The van der Waals surface area contributed by atoms with Crippen molar-refractivity contribution < 1.29 is 9.18 Å². The molecule has 6 nitrogen and oxygen atoms in total. The molecule has 1 amide bonds. The van der Waals surface area contributed by atoms with Crippen LogP contribution in [0, 0.1) is 17.7 Å². The molecule has 2 aliphatic rings. The Morgan fingerprint density at radius 2 is 1.92 bits per heavy atom. The number of carbonyl (C=O) groups is 1. The molecule has 0 aliphatic carbocycles. The highest BCUT2D eigenvalue weighted by molar-refractivity contribution is 5.90. The van der Waals surface area contributed by atoms with E-state index >= 15 is 0 Å². The molecule has 2 aromatic rings. The van der Waals surface area contributed by atoms with Gasteiger partial charge in [-0.2, -0.15) is 0 Å². The van der Waals surface area contributed by atoms with Crippen LogP contribution in [0.1, 0.15) is 35.9 Å². The van der Waals surface area contributed by atoms with Crippen LogP contribution in [-0.2, 0) is 19.5 Å². The number of likely N-dealkylation sites (tertiary alicyclic amines) is 1. The second-order valence-corrected chi connectivity index (χ2v) is 7.72. The molecule has 26 heavy (non-hydrogen) atoms. The van der Waals surface area contributed by atoms with Crippen molar-refractivity contribution in [2.24, 2.45) is 11.8 Å². The Morgan fingerprint density at radius 3 is 2.65 bits per heavy atom. The molecule has 1 saturated heterocycles. The van der Waals surface area contributed by atoms with E-state index in [4.69, 9.17) is 0 Å². The summed E-state index contributed by atoms with van der Waals surface area (Å²) >= 11 is 0. The predicted molar refractivity (Wildman–Crippen MR) is 95.0 cm³/mol. The first kappa shape index (κ1) is 17.1. The van der Waals surface area contributed by atoms with E-state index in [1.54, 1.807) is 0 Å². The smallest absolute Gasteiger partial charge is 0.289 e. The van der Waals surface area contributed by atoms with Crippen molar-refractivity contribution in [1.29, 1.82) is 0 Å². The van der Waals surface area contributed by atoms with Gasteiger partial charge in [0.15, 0.2) is 0 Å². The highest BCUT2D eigenvalue weighted by Crippen LogP contribution is 2.33. The van der Waals surface area contributed by atoms with Crippen molar-refractivity contribution in [3.8, 4) is 0 Å². The normalized spacial score (nSPS) is 22.3. The number of hydrogen-bond donors (Lipinski definition) is 1. The van der Waals surface area contributed by atoms with Crippen LogP contribution in [0.3, 0.4) is 0 Å². The molecule has 0 saturated carbocycles. The van der Waals surface area contributed by atoms with Gasteiger partial charge in [0.1, 0.15) is 11.6 Å². The van der Waals surface area contributed by atoms with Crippen LogP contribution in [0.15, 0.2) is 24.3 Å². The van der Waals surface area contributed by atoms with Gasteiger partial charge >= 0.3 is 0 Å². The number of benzene rings is 1. The van der Waals surface area contributed by atoms with Gasteiger partial charge in [-0.3, -0.25) is 9.69 Å². The van der Waals surface area contributed by atoms with E-state index < -0.39 is 0 Å². The summed E-state index contributed by atoms with van der Waals surface area (Å²) in [4.78, 5) is 14.8. The van der Waals surface area contributed by atoms with Crippen LogP contribution < -0.4 is 5.32 Å². The van der Waals surface area contributed by atoms with E-state index in [-0.39, 0.29) is 17.8 Å². The Hall–Kier alpha value is -2.28. The van der Waals surface area contributed by atoms with Crippen LogP contribution in [0.5, 0.6) is 0 Å². The van der Waals surface area contributed by atoms with E-state index in [1.165, 1.54) is 12.1 Å². The van der Waals surface area contributed by atoms with Crippen molar-refractivity contribution in [3.63, 3.8) is 0 Å². The molecule has 4 rings (SSSR count).